The number of esters is 1. The molecule has 0 fully saturated rings. The lowest BCUT2D eigenvalue weighted by molar-refractivity contribution is -0.142. The van der Waals surface area contributed by atoms with Gasteiger partial charge in [-0.05, 0) is 37.5 Å². The van der Waals surface area contributed by atoms with Gasteiger partial charge < -0.3 is 4.74 Å². The van der Waals surface area contributed by atoms with Crippen LogP contribution in [0.4, 0.5) is 0 Å². The molecule has 0 N–H and O–H groups in total. The van der Waals surface area contributed by atoms with Gasteiger partial charge in [-0.15, -0.1) is 0 Å². The molecule has 3 nitrogen and oxygen atoms in total. The van der Waals surface area contributed by atoms with Gasteiger partial charge in [-0.1, -0.05) is 26.0 Å². The summed E-state index contributed by atoms with van der Waals surface area (Å²) >= 11 is 0. The second-order valence-corrected chi connectivity index (χ2v) is 5.46. The molecule has 2 aliphatic rings. The van der Waals surface area contributed by atoms with Crippen LogP contribution in [0.3, 0.4) is 0 Å². The number of hydrogen-bond donors (Lipinski definition) is 0. The molecule has 0 radical (unpaired) electrons. The highest BCUT2D eigenvalue weighted by Gasteiger charge is 2.35. The molecule has 0 spiro atoms. The van der Waals surface area contributed by atoms with Gasteiger partial charge in [-0.3, -0.25) is 4.79 Å². The van der Waals surface area contributed by atoms with E-state index in [9.17, 15) is 9.59 Å². The molecule has 0 amide bonds. The summed E-state index contributed by atoms with van der Waals surface area (Å²) in [5, 5.41) is 0. The van der Waals surface area contributed by atoms with Crippen molar-refractivity contribution >= 4 is 11.8 Å². The van der Waals surface area contributed by atoms with Crippen LogP contribution < -0.4 is 0 Å². The molecule has 2 rings (SSSR count). The number of ketones is 1. The summed E-state index contributed by atoms with van der Waals surface area (Å²) < 4.78 is 5.36. The molecule has 96 valence electrons. The predicted molar refractivity (Wildman–Crippen MR) is 68.9 cm³/mol. The Morgan fingerprint density at radius 2 is 2.06 bits per heavy atom. The maximum atomic E-state index is 11.8. The van der Waals surface area contributed by atoms with E-state index in [0.717, 1.165) is 11.1 Å². The standard InChI is InChI=1S/C15H18O3/c1-10-5-4-6-11-9-13(18-14(11)17)15(2,3)8-7-12(10)16/h5,7-9,13H,4,6H2,1-3H3/b8-7?,10-5+. The number of ether oxygens (including phenoxy) is 1. The quantitative estimate of drug-likeness (QED) is 0.617. The van der Waals surface area contributed by atoms with E-state index in [1.54, 1.807) is 6.08 Å². The summed E-state index contributed by atoms with van der Waals surface area (Å²) in [6, 6.07) is 0. The number of carbonyl (C=O) groups excluding carboxylic acids is 2. The summed E-state index contributed by atoms with van der Waals surface area (Å²) in [6.45, 7) is 5.73. The smallest absolute Gasteiger partial charge is 0.334 e. The number of hydrogen-bond acceptors (Lipinski definition) is 3. The molecule has 18 heavy (non-hydrogen) atoms. The van der Waals surface area contributed by atoms with Gasteiger partial charge in [0, 0.05) is 11.0 Å². The first kappa shape index (κ1) is 12.8. The van der Waals surface area contributed by atoms with Crippen LogP contribution in [0.15, 0.2) is 35.5 Å². The zero-order valence-corrected chi connectivity index (χ0v) is 11.0. The van der Waals surface area contributed by atoms with E-state index >= 15 is 0 Å². The highest BCUT2D eigenvalue weighted by atomic mass is 16.5. The molecule has 1 atom stereocenters. The molecule has 1 unspecified atom stereocenters. The van der Waals surface area contributed by atoms with Crippen LogP contribution in [0.1, 0.15) is 33.6 Å². The van der Waals surface area contributed by atoms with Gasteiger partial charge in [0.1, 0.15) is 6.10 Å². The van der Waals surface area contributed by atoms with Crippen LogP contribution in [0.25, 0.3) is 0 Å². The molecule has 0 aromatic carbocycles. The van der Waals surface area contributed by atoms with Crippen LogP contribution in [-0.4, -0.2) is 17.9 Å². The van der Waals surface area contributed by atoms with Crippen molar-refractivity contribution in [2.45, 2.75) is 39.7 Å². The Morgan fingerprint density at radius 1 is 1.33 bits per heavy atom. The normalized spacial score (nSPS) is 30.1. The molecular formula is C15H18O3. The Labute approximate surface area is 107 Å². The van der Waals surface area contributed by atoms with Crippen LogP contribution in [0.2, 0.25) is 0 Å². The largest absolute Gasteiger partial charge is 0.454 e. The Hall–Kier alpha value is -1.64. The van der Waals surface area contributed by atoms with E-state index in [-0.39, 0.29) is 23.3 Å². The second kappa shape index (κ2) is 4.56. The SMILES string of the molecule is C/C1=C\CCC2=CC(OC2=O)C(C)(C)C=CC1=O. The second-order valence-electron chi connectivity index (χ2n) is 5.46. The minimum absolute atomic E-state index is 0.0252. The molecule has 3 heteroatoms. The summed E-state index contributed by atoms with van der Waals surface area (Å²) in [4.78, 5) is 23.5. The molecule has 0 aromatic rings. The Balaban J connectivity index is 2.37. The summed E-state index contributed by atoms with van der Waals surface area (Å²) in [5.41, 5.74) is 1.09. The summed E-state index contributed by atoms with van der Waals surface area (Å²) in [6.07, 6.45) is 8.24. The van der Waals surface area contributed by atoms with Crippen molar-refractivity contribution in [3.05, 3.63) is 35.5 Å². The number of fused-ring (bicyclic) bond motifs is 1. The fourth-order valence-corrected chi connectivity index (χ4v) is 2.09. The maximum absolute atomic E-state index is 11.8. The monoisotopic (exact) mass is 246 g/mol. The third-order valence-corrected chi connectivity index (χ3v) is 3.50. The number of rotatable bonds is 0. The molecule has 1 aliphatic carbocycles. The van der Waals surface area contributed by atoms with E-state index in [0.29, 0.717) is 12.8 Å². The Kier molecular flexibility index (Phi) is 3.24. The minimum Gasteiger partial charge on any atom is -0.454 e. The van der Waals surface area contributed by atoms with Gasteiger partial charge in [0.2, 0.25) is 0 Å². The van der Waals surface area contributed by atoms with E-state index in [2.05, 4.69) is 0 Å². The molecule has 0 saturated carbocycles. The van der Waals surface area contributed by atoms with E-state index in [1.807, 2.05) is 39.0 Å². The fraction of sp³-hybridized carbons (Fsp3) is 0.467. The average molecular weight is 246 g/mol. The third-order valence-electron chi connectivity index (χ3n) is 3.50. The van der Waals surface area contributed by atoms with Gasteiger partial charge >= 0.3 is 5.97 Å². The topological polar surface area (TPSA) is 43.4 Å². The lowest BCUT2D eigenvalue weighted by Gasteiger charge is -2.25. The van der Waals surface area contributed by atoms with E-state index < -0.39 is 0 Å². The van der Waals surface area contributed by atoms with Crippen LogP contribution in [-0.2, 0) is 14.3 Å². The highest BCUT2D eigenvalue weighted by Crippen LogP contribution is 2.33. The molecule has 2 bridgehead atoms. The van der Waals surface area contributed by atoms with Crippen LogP contribution in [0, 0.1) is 5.41 Å². The Morgan fingerprint density at radius 3 is 2.78 bits per heavy atom. The summed E-state index contributed by atoms with van der Waals surface area (Å²) in [5.74, 6) is -0.198. The van der Waals surface area contributed by atoms with E-state index in [4.69, 9.17) is 4.74 Å². The first-order chi connectivity index (χ1) is 8.40. The number of allylic oxidation sites excluding steroid dienone is 3. The first-order valence-electron chi connectivity index (χ1n) is 6.22. The maximum Gasteiger partial charge on any atom is 0.334 e. The van der Waals surface area contributed by atoms with Crippen LogP contribution in [0.5, 0.6) is 0 Å². The molecule has 0 saturated heterocycles. The molecule has 1 aliphatic heterocycles. The van der Waals surface area contributed by atoms with Crippen molar-refractivity contribution in [3.8, 4) is 0 Å². The van der Waals surface area contributed by atoms with Gasteiger partial charge in [-0.25, -0.2) is 4.79 Å². The molecular weight excluding hydrogens is 228 g/mol. The minimum atomic E-state index is -0.363. The van der Waals surface area contributed by atoms with Gasteiger partial charge in [0.25, 0.3) is 0 Å². The first-order valence-corrected chi connectivity index (χ1v) is 6.22. The van der Waals surface area contributed by atoms with Gasteiger partial charge in [0.15, 0.2) is 5.78 Å². The zero-order chi connectivity index (χ0) is 13.3. The van der Waals surface area contributed by atoms with Crippen molar-refractivity contribution in [3.63, 3.8) is 0 Å². The average Bonchev–Trinajstić information content (AvgIpc) is 2.67. The van der Waals surface area contributed by atoms with Crippen molar-refractivity contribution in [1.29, 1.82) is 0 Å². The van der Waals surface area contributed by atoms with Crippen molar-refractivity contribution in [2.24, 2.45) is 5.41 Å². The van der Waals surface area contributed by atoms with Gasteiger partial charge in [0.05, 0.1) is 0 Å². The van der Waals surface area contributed by atoms with Gasteiger partial charge in [-0.2, -0.15) is 0 Å². The lowest BCUT2D eigenvalue weighted by Crippen LogP contribution is -2.27. The fourth-order valence-electron chi connectivity index (χ4n) is 2.09. The van der Waals surface area contributed by atoms with Crippen molar-refractivity contribution in [1.82, 2.24) is 0 Å². The summed E-state index contributed by atoms with van der Waals surface area (Å²) in [7, 11) is 0. The van der Waals surface area contributed by atoms with Crippen molar-refractivity contribution < 1.29 is 14.3 Å². The molecule has 1 heterocycles. The van der Waals surface area contributed by atoms with Crippen LogP contribution >= 0.6 is 0 Å². The lowest BCUT2D eigenvalue weighted by atomic mass is 9.85. The molecule has 0 aromatic heterocycles. The number of carbonyl (C=O) groups is 2. The Bertz CT molecular complexity index is 478. The highest BCUT2D eigenvalue weighted by molar-refractivity contribution is 6.03. The predicted octanol–water partition coefficient (Wildman–Crippen LogP) is 2.73. The van der Waals surface area contributed by atoms with Crippen molar-refractivity contribution in [2.75, 3.05) is 0 Å². The third kappa shape index (κ3) is 2.45. The zero-order valence-electron chi connectivity index (χ0n) is 11.0. The van der Waals surface area contributed by atoms with E-state index in [1.165, 1.54) is 0 Å².